The van der Waals surface area contributed by atoms with Gasteiger partial charge >= 0.3 is 0 Å². The third-order valence-corrected chi connectivity index (χ3v) is 2.31. The van der Waals surface area contributed by atoms with Crippen LogP contribution in [0.3, 0.4) is 0 Å². The molecule has 0 spiro atoms. The molecule has 0 fully saturated rings. The number of rotatable bonds is 2. The molecule has 0 aliphatic heterocycles. The number of hydrogen-bond donors (Lipinski definition) is 1. The Morgan fingerprint density at radius 2 is 1.73 bits per heavy atom. The lowest BCUT2D eigenvalue weighted by molar-refractivity contribution is 0.782. The third kappa shape index (κ3) is 2.22. The Morgan fingerprint density at radius 1 is 1.00 bits per heavy atom. The van der Waals surface area contributed by atoms with Crippen LogP contribution in [0.1, 0.15) is 18.7 Å². The smallest absolute Gasteiger partial charge is 0.0706 e. The molecule has 2 N–H and O–H groups in total. The van der Waals surface area contributed by atoms with E-state index in [1.807, 2.05) is 55.5 Å². The molecule has 0 aliphatic carbocycles. The van der Waals surface area contributed by atoms with Crippen LogP contribution in [0.5, 0.6) is 0 Å². The quantitative estimate of drug-likeness (QED) is 0.805. The van der Waals surface area contributed by atoms with E-state index in [0.29, 0.717) is 0 Å². The fourth-order valence-corrected chi connectivity index (χ4v) is 1.47. The van der Waals surface area contributed by atoms with Crippen molar-refractivity contribution < 1.29 is 0 Å². The van der Waals surface area contributed by atoms with Crippen molar-refractivity contribution in [2.75, 3.05) is 0 Å². The first-order valence-corrected chi connectivity index (χ1v) is 5.05. The Bertz CT molecular complexity index is 435. The Balaban J connectivity index is 2.42. The third-order valence-electron chi connectivity index (χ3n) is 2.31. The van der Waals surface area contributed by atoms with Crippen LogP contribution in [-0.4, -0.2) is 4.98 Å². The second-order valence-corrected chi connectivity index (χ2v) is 3.60. The minimum Gasteiger partial charge on any atom is -0.323 e. The Hall–Kier alpha value is -1.67. The number of nitrogens with zero attached hydrogens (tertiary/aromatic N) is 1. The summed E-state index contributed by atoms with van der Waals surface area (Å²) < 4.78 is 0. The van der Waals surface area contributed by atoms with Gasteiger partial charge in [0.05, 0.1) is 11.4 Å². The molecule has 0 saturated carbocycles. The molecule has 2 aromatic rings. The molecule has 1 atom stereocenters. The highest BCUT2D eigenvalue weighted by atomic mass is 14.8. The minimum atomic E-state index is -0.0198. The summed E-state index contributed by atoms with van der Waals surface area (Å²) >= 11 is 0. The van der Waals surface area contributed by atoms with Crippen LogP contribution in [-0.2, 0) is 0 Å². The molecule has 1 heterocycles. The fraction of sp³-hybridized carbons (Fsp3) is 0.154. The highest BCUT2D eigenvalue weighted by molar-refractivity contribution is 5.58. The topological polar surface area (TPSA) is 38.9 Å². The van der Waals surface area contributed by atoms with Gasteiger partial charge in [0.15, 0.2) is 0 Å². The minimum absolute atomic E-state index is 0.0198. The van der Waals surface area contributed by atoms with Gasteiger partial charge in [0.25, 0.3) is 0 Å². The van der Waals surface area contributed by atoms with E-state index < -0.39 is 0 Å². The van der Waals surface area contributed by atoms with Crippen molar-refractivity contribution >= 4 is 0 Å². The summed E-state index contributed by atoms with van der Waals surface area (Å²) in [5, 5.41) is 0. The number of aromatic nitrogens is 1. The molecule has 2 nitrogen and oxygen atoms in total. The summed E-state index contributed by atoms with van der Waals surface area (Å²) in [5.41, 5.74) is 8.83. The number of pyridine rings is 1. The molecule has 15 heavy (non-hydrogen) atoms. The summed E-state index contributed by atoms with van der Waals surface area (Å²) in [6, 6.07) is 16.0. The standard InChI is InChI=1S/C13H14N2/c1-10(14)12-8-5-9-13(15-12)11-6-3-2-4-7-11/h2-10H,14H2,1H3/t10-/m1/s1. The Morgan fingerprint density at radius 3 is 2.40 bits per heavy atom. The SMILES string of the molecule is C[C@@H](N)c1cccc(-c2ccccc2)n1. The van der Waals surface area contributed by atoms with Crippen molar-refractivity contribution in [2.45, 2.75) is 13.0 Å². The van der Waals surface area contributed by atoms with Crippen molar-refractivity contribution in [3.05, 3.63) is 54.2 Å². The van der Waals surface area contributed by atoms with Crippen molar-refractivity contribution in [2.24, 2.45) is 5.73 Å². The van der Waals surface area contributed by atoms with E-state index in [0.717, 1.165) is 17.0 Å². The number of nitrogens with two attached hydrogens (primary N) is 1. The van der Waals surface area contributed by atoms with E-state index in [4.69, 9.17) is 5.73 Å². The zero-order chi connectivity index (χ0) is 10.7. The van der Waals surface area contributed by atoms with E-state index >= 15 is 0 Å². The van der Waals surface area contributed by atoms with Crippen LogP contribution >= 0.6 is 0 Å². The molecular formula is C13H14N2. The largest absolute Gasteiger partial charge is 0.323 e. The summed E-state index contributed by atoms with van der Waals surface area (Å²) in [6.07, 6.45) is 0. The van der Waals surface area contributed by atoms with Crippen LogP contribution < -0.4 is 5.73 Å². The van der Waals surface area contributed by atoms with Crippen molar-refractivity contribution in [1.29, 1.82) is 0 Å². The highest BCUT2D eigenvalue weighted by Gasteiger charge is 2.03. The van der Waals surface area contributed by atoms with Gasteiger partial charge in [-0.1, -0.05) is 36.4 Å². The maximum atomic E-state index is 5.80. The zero-order valence-corrected chi connectivity index (χ0v) is 8.72. The summed E-state index contributed by atoms with van der Waals surface area (Å²) in [4.78, 5) is 4.52. The van der Waals surface area contributed by atoms with E-state index in [2.05, 4.69) is 4.98 Å². The monoisotopic (exact) mass is 198 g/mol. The second-order valence-electron chi connectivity index (χ2n) is 3.60. The molecular weight excluding hydrogens is 184 g/mol. The van der Waals surface area contributed by atoms with Gasteiger partial charge in [-0.05, 0) is 19.1 Å². The first-order chi connectivity index (χ1) is 7.27. The predicted octanol–water partition coefficient (Wildman–Crippen LogP) is 2.77. The lowest BCUT2D eigenvalue weighted by atomic mass is 10.1. The van der Waals surface area contributed by atoms with Gasteiger partial charge in [-0.15, -0.1) is 0 Å². The summed E-state index contributed by atoms with van der Waals surface area (Å²) in [7, 11) is 0. The second kappa shape index (κ2) is 4.24. The lowest BCUT2D eigenvalue weighted by Gasteiger charge is -2.06. The van der Waals surface area contributed by atoms with E-state index in [9.17, 15) is 0 Å². The first-order valence-electron chi connectivity index (χ1n) is 5.05. The van der Waals surface area contributed by atoms with Gasteiger partial charge in [-0.25, -0.2) is 0 Å². The zero-order valence-electron chi connectivity index (χ0n) is 8.72. The highest BCUT2D eigenvalue weighted by Crippen LogP contribution is 2.18. The maximum Gasteiger partial charge on any atom is 0.0706 e. The molecule has 0 amide bonds. The molecule has 1 aromatic carbocycles. The summed E-state index contributed by atoms with van der Waals surface area (Å²) in [5.74, 6) is 0. The molecule has 1 aromatic heterocycles. The fourth-order valence-electron chi connectivity index (χ4n) is 1.47. The lowest BCUT2D eigenvalue weighted by Crippen LogP contribution is -2.07. The van der Waals surface area contributed by atoms with Crippen molar-refractivity contribution in [3.8, 4) is 11.3 Å². The van der Waals surface area contributed by atoms with Crippen LogP contribution in [0.15, 0.2) is 48.5 Å². The van der Waals surface area contributed by atoms with Gasteiger partial charge in [0, 0.05) is 11.6 Å². The normalized spacial score (nSPS) is 12.4. The van der Waals surface area contributed by atoms with E-state index in [-0.39, 0.29) is 6.04 Å². The molecule has 2 rings (SSSR count). The van der Waals surface area contributed by atoms with Crippen LogP contribution in [0.2, 0.25) is 0 Å². The van der Waals surface area contributed by atoms with Gasteiger partial charge < -0.3 is 5.73 Å². The molecule has 0 aliphatic rings. The van der Waals surface area contributed by atoms with Gasteiger partial charge in [-0.3, -0.25) is 4.98 Å². The summed E-state index contributed by atoms with van der Waals surface area (Å²) in [6.45, 7) is 1.94. The van der Waals surface area contributed by atoms with Gasteiger partial charge in [0.2, 0.25) is 0 Å². The van der Waals surface area contributed by atoms with Crippen LogP contribution in [0, 0.1) is 0 Å². The Kier molecular flexibility index (Phi) is 2.79. The molecule has 0 radical (unpaired) electrons. The predicted molar refractivity (Wildman–Crippen MR) is 62.3 cm³/mol. The average Bonchev–Trinajstić information content (AvgIpc) is 2.30. The van der Waals surface area contributed by atoms with Crippen molar-refractivity contribution in [1.82, 2.24) is 4.98 Å². The maximum absolute atomic E-state index is 5.80. The number of benzene rings is 1. The number of hydrogen-bond acceptors (Lipinski definition) is 2. The molecule has 0 unspecified atom stereocenters. The molecule has 0 saturated heterocycles. The average molecular weight is 198 g/mol. The van der Waals surface area contributed by atoms with Gasteiger partial charge in [-0.2, -0.15) is 0 Å². The molecule has 0 bridgehead atoms. The Labute approximate surface area is 89.8 Å². The molecule has 2 heteroatoms. The molecule has 76 valence electrons. The van der Waals surface area contributed by atoms with Crippen molar-refractivity contribution in [3.63, 3.8) is 0 Å². The van der Waals surface area contributed by atoms with E-state index in [1.165, 1.54) is 0 Å². The first kappa shape index (κ1) is 9.87. The van der Waals surface area contributed by atoms with Crippen LogP contribution in [0.4, 0.5) is 0 Å². The van der Waals surface area contributed by atoms with Crippen LogP contribution in [0.25, 0.3) is 11.3 Å². The van der Waals surface area contributed by atoms with Gasteiger partial charge in [0.1, 0.15) is 0 Å². The van der Waals surface area contributed by atoms with E-state index in [1.54, 1.807) is 0 Å².